The quantitative estimate of drug-likeness (QED) is 0.801. The normalized spacial score (nSPS) is 15.9. The van der Waals surface area contributed by atoms with Gasteiger partial charge in [0, 0.05) is 20.0 Å². The van der Waals surface area contributed by atoms with Crippen LogP contribution in [0.4, 0.5) is 4.39 Å². The van der Waals surface area contributed by atoms with E-state index in [0.717, 1.165) is 5.56 Å². The van der Waals surface area contributed by atoms with Gasteiger partial charge in [-0.15, -0.1) is 0 Å². The second-order valence-corrected chi connectivity index (χ2v) is 5.23. The Balaban J connectivity index is 1.86. The molecule has 1 amide bonds. The summed E-state index contributed by atoms with van der Waals surface area (Å²) in [5.74, 6) is 0.489. The topological polar surface area (TPSA) is 20.3 Å². The molecule has 1 aliphatic carbocycles. The minimum atomic E-state index is -0.246. The van der Waals surface area contributed by atoms with Crippen molar-refractivity contribution in [3.05, 3.63) is 35.6 Å². The van der Waals surface area contributed by atoms with Crippen molar-refractivity contribution >= 4 is 5.91 Å². The number of carbonyl (C=O) groups is 1. The number of amides is 1. The Morgan fingerprint density at radius 2 is 2.11 bits per heavy atom. The highest BCUT2D eigenvalue weighted by Gasteiger charge is 2.20. The highest BCUT2D eigenvalue weighted by Crippen LogP contribution is 2.28. The summed E-state index contributed by atoms with van der Waals surface area (Å²) in [7, 11) is 1.79. The molecule has 0 bridgehead atoms. The highest BCUT2D eigenvalue weighted by atomic mass is 19.1. The summed E-state index contributed by atoms with van der Waals surface area (Å²) in [4.78, 5) is 13.7. The van der Waals surface area contributed by atoms with Gasteiger partial charge in [-0.2, -0.15) is 0 Å². The Morgan fingerprint density at radius 3 is 2.78 bits per heavy atom. The fourth-order valence-electron chi connectivity index (χ4n) is 2.61. The van der Waals surface area contributed by atoms with Gasteiger partial charge in [0.2, 0.25) is 5.91 Å². The second-order valence-electron chi connectivity index (χ2n) is 5.23. The van der Waals surface area contributed by atoms with Crippen LogP contribution in [-0.4, -0.2) is 17.9 Å². The Morgan fingerprint density at radius 1 is 1.39 bits per heavy atom. The van der Waals surface area contributed by atoms with Crippen LogP contribution in [0.25, 0.3) is 0 Å². The maximum absolute atomic E-state index is 13.0. The molecule has 1 aromatic carbocycles. The molecule has 0 spiro atoms. The first-order valence-electron chi connectivity index (χ1n) is 6.63. The molecule has 0 heterocycles. The molecule has 1 aromatic rings. The van der Waals surface area contributed by atoms with Gasteiger partial charge >= 0.3 is 0 Å². The number of hydrogen-bond acceptors (Lipinski definition) is 1. The van der Waals surface area contributed by atoms with Crippen LogP contribution < -0.4 is 0 Å². The van der Waals surface area contributed by atoms with Gasteiger partial charge in [-0.25, -0.2) is 4.39 Å². The van der Waals surface area contributed by atoms with E-state index >= 15 is 0 Å². The first-order valence-corrected chi connectivity index (χ1v) is 6.63. The fourth-order valence-corrected chi connectivity index (χ4v) is 2.61. The zero-order valence-corrected chi connectivity index (χ0v) is 10.9. The zero-order chi connectivity index (χ0) is 13.0. The SMILES string of the molecule is CN(Cc1cccc(F)c1)C(=O)CC1CCCC1. The molecule has 3 heteroatoms. The predicted molar refractivity (Wildman–Crippen MR) is 69.4 cm³/mol. The second kappa shape index (κ2) is 5.98. The number of carbonyl (C=O) groups excluding carboxylic acids is 1. The van der Waals surface area contributed by atoms with E-state index in [1.165, 1.54) is 37.8 Å². The molecule has 0 unspecified atom stereocenters. The van der Waals surface area contributed by atoms with Crippen molar-refractivity contribution in [2.75, 3.05) is 7.05 Å². The Bertz CT molecular complexity index is 413. The third kappa shape index (κ3) is 3.56. The molecule has 0 atom stereocenters. The van der Waals surface area contributed by atoms with Crippen LogP contribution in [0.2, 0.25) is 0 Å². The summed E-state index contributed by atoms with van der Waals surface area (Å²) in [6.07, 6.45) is 5.52. The van der Waals surface area contributed by atoms with Crippen molar-refractivity contribution in [1.29, 1.82) is 0 Å². The average molecular weight is 249 g/mol. The monoisotopic (exact) mass is 249 g/mol. The smallest absolute Gasteiger partial charge is 0.222 e. The zero-order valence-electron chi connectivity index (χ0n) is 10.9. The van der Waals surface area contributed by atoms with Crippen molar-refractivity contribution in [3.63, 3.8) is 0 Å². The van der Waals surface area contributed by atoms with Gasteiger partial charge in [-0.1, -0.05) is 25.0 Å². The van der Waals surface area contributed by atoms with Gasteiger partial charge in [0.1, 0.15) is 5.82 Å². The lowest BCUT2D eigenvalue weighted by atomic mass is 10.0. The van der Waals surface area contributed by atoms with Gasteiger partial charge in [0.25, 0.3) is 0 Å². The molecule has 0 saturated heterocycles. The van der Waals surface area contributed by atoms with E-state index in [4.69, 9.17) is 0 Å². The molecule has 18 heavy (non-hydrogen) atoms. The summed E-state index contributed by atoms with van der Waals surface area (Å²) in [5, 5.41) is 0. The molecule has 1 fully saturated rings. The summed E-state index contributed by atoms with van der Waals surface area (Å²) >= 11 is 0. The molecule has 0 aromatic heterocycles. The summed E-state index contributed by atoms with van der Waals surface area (Å²) in [6.45, 7) is 0.489. The third-order valence-electron chi connectivity index (χ3n) is 3.67. The molecule has 1 saturated carbocycles. The first-order chi connectivity index (χ1) is 8.65. The Hall–Kier alpha value is -1.38. The summed E-state index contributed by atoms with van der Waals surface area (Å²) < 4.78 is 13.0. The van der Waals surface area contributed by atoms with Crippen LogP contribution in [-0.2, 0) is 11.3 Å². The van der Waals surface area contributed by atoms with Crippen molar-refractivity contribution in [3.8, 4) is 0 Å². The van der Waals surface area contributed by atoms with Crippen molar-refractivity contribution < 1.29 is 9.18 Å². The van der Waals surface area contributed by atoms with Crippen LogP contribution in [0, 0.1) is 11.7 Å². The van der Waals surface area contributed by atoms with Crippen LogP contribution in [0.3, 0.4) is 0 Å². The van der Waals surface area contributed by atoms with Gasteiger partial charge in [-0.05, 0) is 36.5 Å². The van der Waals surface area contributed by atoms with Crippen molar-refractivity contribution in [2.24, 2.45) is 5.92 Å². The van der Waals surface area contributed by atoms with Crippen LogP contribution in [0.5, 0.6) is 0 Å². The Labute approximate surface area is 108 Å². The largest absolute Gasteiger partial charge is 0.341 e. The molecule has 0 aliphatic heterocycles. The molecular weight excluding hydrogens is 229 g/mol. The number of nitrogens with zero attached hydrogens (tertiary/aromatic N) is 1. The maximum atomic E-state index is 13.0. The number of hydrogen-bond donors (Lipinski definition) is 0. The minimum Gasteiger partial charge on any atom is -0.341 e. The van der Waals surface area contributed by atoms with Crippen LogP contribution in [0.15, 0.2) is 24.3 Å². The van der Waals surface area contributed by atoms with Gasteiger partial charge < -0.3 is 4.90 Å². The molecular formula is C15H20FNO. The summed E-state index contributed by atoms with van der Waals surface area (Å²) in [6, 6.07) is 6.44. The van der Waals surface area contributed by atoms with E-state index in [1.54, 1.807) is 18.0 Å². The van der Waals surface area contributed by atoms with Gasteiger partial charge in [0.05, 0.1) is 0 Å². The number of rotatable bonds is 4. The average Bonchev–Trinajstić information content (AvgIpc) is 2.81. The van der Waals surface area contributed by atoms with E-state index in [0.29, 0.717) is 18.9 Å². The third-order valence-corrected chi connectivity index (χ3v) is 3.67. The number of halogens is 1. The molecule has 0 radical (unpaired) electrons. The predicted octanol–water partition coefficient (Wildman–Crippen LogP) is 3.36. The molecule has 1 aliphatic rings. The van der Waals surface area contributed by atoms with E-state index in [2.05, 4.69) is 0 Å². The molecule has 2 rings (SSSR count). The van der Waals surface area contributed by atoms with Crippen LogP contribution in [0.1, 0.15) is 37.7 Å². The maximum Gasteiger partial charge on any atom is 0.222 e. The first kappa shape index (κ1) is 13.1. The van der Waals surface area contributed by atoms with E-state index in [9.17, 15) is 9.18 Å². The van der Waals surface area contributed by atoms with Crippen molar-refractivity contribution in [2.45, 2.75) is 38.6 Å². The lowest BCUT2D eigenvalue weighted by Gasteiger charge is -2.19. The van der Waals surface area contributed by atoms with E-state index in [-0.39, 0.29) is 11.7 Å². The highest BCUT2D eigenvalue weighted by molar-refractivity contribution is 5.76. The fraction of sp³-hybridized carbons (Fsp3) is 0.533. The van der Waals surface area contributed by atoms with E-state index < -0.39 is 0 Å². The van der Waals surface area contributed by atoms with Crippen molar-refractivity contribution in [1.82, 2.24) is 4.90 Å². The van der Waals surface area contributed by atoms with Gasteiger partial charge in [-0.3, -0.25) is 4.79 Å². The van der Waals surface area contributed by atoms with E-state index in [1.807, 2.05) is 6.07 Å². The standard InChI is InChI=1S/C15H20FNO/c1-17(11-13-7-4-8-14(16)9-13)15(18)10-12-5-2-3-6-12/h4,7-9,12H,2-3,5-6,10-11H2,1H3. The van der Waals surface area contributed by atoms with Gasteiger partial charge in [0.15, 0.2) is 0 Å². The van der Waals surface area contributed by atoms with Crippen LogP contribution >= 0.6 is 0 Å². The minimum absolute atomic E-state index is 0.172. The lowest BCUT2D eigenvalue weighted by Crippen LogP contribution is -2.27. The number of benzene rings is 1. The summed E-state index contributed by atoms with van der Waals surface area (Å²) in [5.41, 5.74) is 0.845. The molecule has 2 nitrogen and oxygen atoms in total. The lowest BCUT2D eigenvalue weighted by molar-refractivity contribution is -0.131. The molecule has 0 N–H and O–H groups in total. The molecule has 98 valence electrons. The Kier molecular flexibility index (Phi) is 4.34.